The minimum absolute atomic E-state index is 0.0628. The first kappa shape index (κ1) is 11.3. The summed E-state index contributed by atoms with van der Waals surface area (Å²) in [5.74, 6) is 0.452. The van der Waals surface area contributed by atoms with E-state index in [1.54, 1.807) is 7.05 Å². The third kappa shape index (κ3) is 1.69. The topological polar surface area (TPSA) is 45.3 Å². The van der Waals surface area contributed by atoms with E-state index >= 15 is 0 Å². The standard InChI is InChI=1S/C14H16N2O2/c1-16(18-2)14(17)11-7-10(11)12-8-15-13-6-4-3-5-9(12)13/h3-6,8,10-11,15H,7H2,1-2H3. The number of para-hydroxylation sites is 1. The molecule has 1 aliphatic carbocycles. The molecule has 3 rings (SSSR count). The summed E-state index contributed by atoms with van der Waals surface area (Å²) in [4.78, 5) is 20.2. The highest BCUT2D eigenvalue weighted by molar-refractivity contribution is 5.88. The molecule has 0 spiro atoms. The molecular weight excluding hydrogens is 228 g/mol. The minimum atomic E-state index is 0.0628. The van der Waals surface area contributed by atoms with Gasteiger partial charge in [-0.2, -0.15) is 0 Å². The molecule has 0 saturated heterocycles. The highest BCUT2D eigenvalue weighted by Gasteiger charge is 2.46. The van der Waals surface area contributed by atoms with Crippen LogP contribution < -0.4 is 0 Å². The van der Waals surface area contributed by atoms with Gasteiger partial charge in [0.05, 0.1) is 7.11 Å². The molecule has 4 heteroatoms. The Morgan fingerprint density at radius 2 is 2.22 bits per heavy atom. The second kappa shape index (κ2) is 4.14. The number of hydrogen-bond acceptors (Lipinski definition) is 2. The van der Waals surface area contributed by atoms with E-state index in [4.69, 9.17) is 4.84 Å². The fraction of sp³-hybridized carbons (Fsp3) is 0.357. The summed E-state index contributed by atoms with van der Waals surface area (Å²) >= 11 is 0. The lowest BCUT2D eigenvalue weighted by Crippen LogP contribution is -2.27. The van der Waals surface area contributed by atoms with Crippen molar-refractivity contribution in [1.29, 1.82) is 0 Å². The summed E-state index contributed by atoms with van der Waals surface area (Å²) in [6.07, 6.45) is 2.93. The molecule has 0 aliphatic heterocycles. The molecular formula is C14H16N2O2. The number of aromatic nitrogens is 1. The molecule has 94 valence electrons. The van der Waals surface area contributed by atoms with Gasteiger partial charge < -0.3 is 4.98 Å². The predicted molar refractivity (Wildman–Crippen MR) is 68.9 cm³/mol. The summed E-state index contributed by atoms with van der Waals surface area (Å²) in [6.45, 7) is 0. The van der Waals surface area contributed by atoms with Crippen LogP contribution in [0.5, 0.6) is 0 Å². The van der Waals surface area contributed by atoms with Crippen LogP contribution in [0.25, 0.3) is 10.9 Å². The summed E-state index contributed by atoms with van der Waals surface area (Å²) in [6, 6.07) is 8.19. The van der Waals surface area contributed by atoms with E-state index in [1.807, 2.05) is 18.3 Å². The SMILES string of the molecule is CON(C)C(=O)C1CC1c1c[nH]c2ccccc12. The second-order valence-corrected chi connectivity index (χ2v) is 4.76. The Labute approximate surface area is 105 Å². The normalized spacial score (nSPS) is 22.1. The number of amides is 1. The Morgan fingerprint density at radius 1 is 1.44 bits per heavy atom. The number of hydrogen-bond donors (Lipinski definition) is 1. The van der Waals surface area contributed by atoms with Crippen LogP contribution in [-0.4, -0.2) is 30.1 Å². The van der Waals surface area contributed by atoms with Crippen molar-refractivity contribution in [3.63, 3.8) is 0 Å². The predicted octanol–water partition coefficient (Wildman–Crippen LogP) is 2.29. The molecule has 1 aliphatic rings. The number of rotatable bonds is 3. The first-order chi connectivity index (χ1) is 8.72. The lowest BCUT2D eigenvalue weighted by atomic mass is 10.1. The van der Waals surface area contributed by atoms with Crippen LogP contribution in [0, 0.1) is 5.92 Å². The van der Waals surface area contributed by atoms with E-state index in [9.17, 15) is 4.79 Å². The maximum Gasteiger partial charge on any atom is 0.249 e. The maximum absolute atomic E-state index is 12.0. The monoisotopic (exact) mass is 244 g/mol. The molecule has 1 fully saturated rings. The van der Waals surface area contributed by atoms with Gasteiger partial charge in [-0.15, -0.1) is 0 Å². The van der Waals surface area contributed by atoms with Crippen LogP contribution in [0.2, 0.25) is 0 Å². The molecule has 1 aromatic carbocycles. The van der Waals surface area contributed by atoms with Crippen molar-refractivity contribution in [3.05, 3.63) is 36.0 Å². The molecule has 1 amide bonds. The Hall–Kier alpha value is -1.81. The van der Waals surface area contributed by atoms with Crippen molar-refractivity contribution < 1.29 is 9.63 Å². The molecule has 1 aromatic heterocycles. The molecule has 2 aromatic rings. The lowest BCUT2D eigenvalue weighted by molar-refractivity contribution is -0.170. The Morgan fingerprint density at radius 3 is 3.00 bits per heavy atom. The van der Waals surface area contributed by atoms with Gasteiger partial charge in [-0.1, -0.05) is 18.2 Å². The van der Waals surface area contributed by atoms with E-state index in [0.29, 0.717) is 5.92 Å². The minimum Gasteiger partial charge on any atom is -0.361 e. The van der Waals surface area contributed by atoms with Gasteiger partial charge in [0, 0.05) is 30.1 Å². The van der Waals surface area contributed by atoms with E-state index < -0.39 is 0 Å². The molecule has 0 radical (unpaired) electrons. The Bertz CT molecular complexity index is 590. The van der Waals surface area contributed by atoms with E-state index in [2.05, 4.69) is 17.1 Å². The Balaban J connectivity index is 1.84. The largest absolute Gasteiger partial charge is 0.361 e. The molecule has 0 bridgehead atoms. The fourth-order valence-corrected chi connectivity index (χ4v) is 2.54. The first-order valence-corrected chi connectivity index (χ1v) is 6.10. The molecule has 4 nitrogen and oxygen atoms in total. The van der Waals surface area contributed by atoms with Crippen molar-refractivity contribution in [2.24, 2.45) is 5.92 Å². The average molecular weight is 244 g/mol. The number of benzene rings is 1. The number of aromatic amines is 1. The number of carbonyl (C=O) groups excluding carboxylic acids is 1. The highest BCUT2D eigenvalue weighted by atomic mass is 16.7. The Kier molecular flexibility index (Phi) is 2.59. The third-order valence-corrected chi connectivity index (χ3v) is 3.71. The second-order valence-electron chi connectivity index (χ2n) is 4.76. The van der Waals surface area contributed by atoms with Gasteiger partial charge >= 0.3 is 0 Å². The van der Waals surface area contributed by atoms with Crippen LogP contribution in [0.1, 0.15) is 17.9 Å². The lowest BCUT2D eigenvalue weighted by Gasteiger charge is -2.13. The summed E-state index contributed by atoms with van der Waals surface area (Å²) in [5.41, 5.74) is 2.37. The molecule has 1 saturated carbocycles. The van der Waals surface area contributed by atoms with Crippen molar-refractivity contribution in [1.82, 2.24) is 10.0 Å². The van der Waals surface area contributed by atoms with Gasteiger partial charge in [-0.3, -0.25) is 9.63 Å². The summed E-state index contributed by atoms with van der Waals surface area (Å²) in [7, 11) is 3.17. The number of nitrogens with one attached hydrogen (secondary N) is 1. The van der Waals surface area contributed by atoms with Gasteiger partial charge in [0.25, 0.3) is 0 Å². The van der Waals surface area contributed by atoms with Crippen molar-refractivity contribution in [2.75, 3.05) is 14.2 Å². The van der Waals surface area contributed by atoms with Gasteiger partial charge in [0.15, 0.2) is 0 Å². The number of carbonyl (C=O) groups is 1. The van der Waals surface area contributed by atoms with Crippen LogP contribution in [0.4, 0.5) is 0 Å². The zero-order chi connectivity index (χ0) is 12.7. The quantitative estimate of drug-likeness (QED) is 0.842. The van der Waals surface area contributed by atoms with E-state index in [0.717, 1.165) is 11.9 Å². The first-order valence-electron chi connectivity index (χ1n) is 6.10. The van der Waals surface area contributed by atoms with E-state index in [-0.39, 0.29) is 11.8 Å². The summed E-state index contributed by atoms with van der Waals surface area (Å²) < 4.78 is 0. The van der Waals surface area contributed by atoms with Crippen LogP contribution in [0.15, 0.2) is 30.5 Å². The van der Waals surface area contributed by atoms with Crippen molar-refractivity contribution >= 4 is 16.8 Å². The van der Waals surface area contributed by atoms with Gasteiger partial charge in [-0.05, 0) is 24.0 Å². The molecule has 2 unspecified atom stereocenters. The fourth-order valence-electron chi connectivity index (χ4n) is 2.54. The molecule has 2 atom stereocenters. The van der Waals surface area contributed by atoms with Gasteiger partial charge in [0.1, 0.15) is 0 Å². The summed E-state index contributed by atoms with van der Waals surface area (Å²) in [5, 5.41) is 2.54. The number of hydroxylamine groups is 2. The zero-order valence-electron chi connectivity index (χ0n) is 10.5. The average Bonchev–Trinajstić information content (AvgIpc) is 3.09. The smallest absolute Gasteiger partial charge is 0.249 e. The highest BCUT2D eigenvalue weighted by Crippen LogP contribution is 2.50. The van der Waals surface area contributed by atoms with Gasteiger partial charge in [0.2, 0.25) is 5.91 Å². The number of H-pyrrole nitrogens is 1. The van der Waals surface area contributed by atoms with Gasteiger partial charge in [-0.25, -0.2) is 5.06 Å². The van der Waals surface area contributed by atoms with Crippen LogP contribution in [-0.2, 0) is 9.63 Å². The van der Waals surface area contributed by atoms with E-state index in [1.165, 1.54) is 23.1 Å². The number of fused-ring (bicyclic) bond motifs is 1. The number of nitrogens with zero attached hydrogens (tertiary/aromatic N) is 1. The van der Waals surface area contributed by atoms with Crippen LogP contribution in [0.3, 0.4) is 0 Å². The van der Waals surface area contributed by atoms with Crippen LogP contribution >= 0.6 is 0 Å². The molecule has 1 N–H and O–H groups in total. The molecule has 18 heavy (non-hydrogen) atoms. The third-order valence-electron chi connectivity index (χ3n) is 3.71. The maximum atomic E-state index is 12.0. The van der Waals surface area contributed by atoms with Crippen molar-refractivity contribution in [3.8, 4) is 0 Å². The molecule has 1 heterocycles. The van der Waals surface area contributed by atoms with Crippen molar-refractivity contribution in [2.45, 2.75) is 12.3 Å². The zero-order valence-corrected chi connectivity index (χ0v) is 10.5.